The summed E-state index contributed by atoms with van der Waals surface area (Å²) in [6.45, 7) is 2.01. The molecule has 74 valence electrons. The van der Waals surface area contributed by atoms with Gasteiger partial charge in [-0.15, -0.1) is 0 Å². The van der Waals surface area contributed by atoms with Gasteiger partial charge in [-0.2, -0.15) is 0 Å². The number of nitrogens with one attached hydrogen (secondary N) is 1. The van der Waals surface area contributed by atoms with Gasteiger partial charge in [0.15, 0.2) is 0 Å². The van der Waals surface area contributed by atoms with Gasteiger partial charge in [0.2, 0.25) is 0 Å². The summed E-state index contributed by atoms with van der Waals surface area (Å²) in [4.78, 5) is 7.53. The van der Waals surface area contributed by atoms with Gasteiger partial charge < -0.3 is 4.98 Å². The van der Waals surface area contributed by atoms with E-state index in [0.717, 1.165) is 16.6 Å². The Bertz CT molecular complexity index is 464. The van der Waals surface area contributed by atoms with Gasteiger partial charge in [-0.05, 0) is 25.1 Å². The van der Waals surface area contributed by atoms with Gasteiger partial charge in [0.05, 0.1) is 6.61 Å². The number of aromatic nitrogens is 1. The van der Waals surface area contributed by atoms with Crippen molar-refractivity contribution in [2.45, 2.75) is 13.5 Å². The van der Waals surface area contributed by atoms with Crippen LogP contribution in [0.4, 0.5) is 4.39 Å². The molecule has 1 aromatic carbocycles. The molecule has 14 heavy (non-hydrogen) atoms. The third-order valence-electron chi connectivity index (χ3n) is 2.16. The lowest BCUT2D eigenvalue weighted by atomic mass is 10.1. The van der Waals surface area contributed by atoms with Crippen LogP contribution in [-0.2, 0) is 11.4 Å². The van der Waals surface area contributed by atoms with Crippen LogP contribution >= 0.6 is 0 Å². The van der Waals surface area contributed by atoms with Crippen LogP contribution in [0.1, 0.15) is 11.3 Å². The maximum absolute atomic E-state index is 13.4. The lowest BCUT2D eigenvalue weighted by Gasteiger charge is -2.01. The largest absolute Gasteiger partial charge is 0.359 e. The predicted octanol–water partition coefficient (Wildman–Crippen LogP) is 2.01. The van der Waals surface area contributed by atoms with Crippen LogP contribution < -0.4 is 5.90 Å². The first-order chi connectivity index (χ1) is 6.70. The SMILES string of the molecule is Cc1cc2cc(F)c(CON)cc2[nH]1. The highest BCUT2D eigenvalue weighted by Gasteiger charge is 2.06. The molecular formula is C10H11FN2O. The molecule has 3 N–H and O–H groups in total. The van der Waals surface area contributed by atoms with E-state index in [0.29, 0.717) is 5.56 Å². The summed E-state index contributed by atoms with van der Waals surface area (Å²) in [6, 6.07) is 5.09. The van der Waals surface area contributed by atoms with E-state index in [1.807, 2.05) is 13.0 Å². The number of fused-ring (bicyclic) bond motifs is 1. The smallest absolute Gasteiger partial charge is 0.129 e. The number of benzene rings is 1. The molecule has 0 bridgehead atoms. The molecular weight excluding hydrogens is 183 g/mol. The topological polar surface area (TPSA) is 51.0 Å². The van der Waals surface area contributed by atoms with Crippen LogP contribution in [0, 0.1) is 12.7 Å². The Morgan fingerprint density at radius 2 is 2.21 bits per heavy atom. The summed E-state index contributed by atoms with van der Waals surface area (Å²) >= 11 is 0. The molecule has 0 aliphatic carbocycles. The zero-order valence-electron chi connectivity index (χ0n) is 7.80. The number of rotatable bonds is 2. The highest BCUT2D eigenvalue weighted by Crippen LogP contribution is 2.20. The van der Waals surface area contributed by atoms with Crippen molar-refractivity contribution in [3.8, 4) is 0 Å². The third-order valence-corrected chi connectivity index (χ3v) is 2.16. The molecule has 4 heteroatoms. The van der Waals surface area contributed by atoms with Crippen LogP contribution in [-0.4, -0.2) is 4.98 Å². The average molecular weight is 194 g/mol. The molecule has 0 saturated heterocycles. The van der Waals surface area contributed by atoms with Gasteiger partial charge in [-0.25, -0.2) is 10.3 Å². The Kier molecular flexibility index (Phi) is 2.23. The lowest BCUT2D eigenvalue weighted by Crippen LogP contribution is -2.00. The summed E-state index contributed by atoms with van der Waals surface area (Å²) in [5.74, 6) is 4.61. The van der Waals surface area contributed by atoms with Crippen LogP contribution in [0.3, 0.4) is 0 Å². The van der Waals surface area contributed by atoms with Crippen molar-refractivity contribution in [2.24, 2.45) is 5.90 Å². The standard InChI is InChI=1S/C10H11FN2O/c1-6-2-7-3-9(11)8(5-14-12)4-10(7)13-6/h2-4,13H,5,12H2,1H3. The molecule has 0 spiro atoms. The van der Waals surface area contributed by atoms with E-state index >= 15 is 0 Å². The lowest BCUT2D eigenvalue weighted by molar-refractivity contribution is 0.121. The maximum Gasteiger partial charge on any atom is 0.129 e. The van der Waals surface area contributed by atoms with Gasteiger partial charge in [-0.3, -0.25) is 4.84 Å². The zero-order valence-corrected chi connectivity index (χ0v) is 7.80. The molecule has 0 saturated carbocycles. The molecule has 3 nitrogen and oxygen atoms in total. The van der Waals surface area contributed by atoms with E-state index in [2.05, 4.69) is 9.82 Å². The van der Waals surface area contributed by atoms with Gasteiger partial charge in [0.1, 0.15) is 5.82 Å². The Morgan fingerprint density at radius 1 is 1.43 bits per heavy atom. The second-order valence-corrected chi connectivity index (χ2v) is 3.29. The van der Waals surface area contributed by atoms with Crippen molar-refractivity contribution in [3.05, 3.63) is 35.3 Å². The maximum atomic E-state index is 13.4. The fourth-order valence-corrected chi connectivity index (χ4v) is 1.54. The minimum atomic E-state index is -0.290. The summed E-state index contributed by atoms with van der Waals surface area (Å²) in [6.07, 6.45) is 0. The first kappa shape index (κ1) is 9.18. The minimum absolute atomic E-state index is 0.0832. The van der Waals surface area contributed by atoms with Crippen molar-refractivity contribution in [2.75, 3.05) is 0 Å². The Morgan fingerprint density at radius 3 is 2.93 bits per heavy atom. The van der Waals surface area contributed by atoms with Crippen molar-refractivity contribution >= 4 is 10.9 Å². The van der Waals surface area contributed by atoms with E-state index in [9.17, 15) is 4.39 Å². The molecule has 0 aliphatic rings. The fourth-order valence-electron chi connectivity index (χ4n) is 1.54. The summed E-state index contributed by atoms with van der Waals surface area (Å²) < 4.78 is 13.4. The Balaban J connectivity index is 2.58. The van der Waals surface area contributed by atoms with Crippen LogP contribution in [0.5, 0.6) is 0 Å². The molecule has 0 aliphatic heterocycles. The van der Waals surface area contributed by atoms with Crippen molar-refractivity contribution in [1.82, 2.24) is 4.98 Å². The van der Waals surface area contributed by atoms with Crippen molar-refractivity contribution < 1.29 is 9.23 Å². The number of hydrogen-bond donors (Lipinski definition) is 2. The number of aromatic amines is 1. The van der Waals surface area contributed by atoms with Gasteiger partial charge in [-0.1, -0.05) is 0 Å². The second-order valence-electron chi connectivity index (χ2n) is 3.29. The molecule has 2 aromatic rings. The summed E-state index contributed by atoms with van der Waals surface area (Å²) in [5, 5.41) is 0.862. The normalized spacial score (nSPS) is 11.1. The second kappa shape index (κ2) is 3.40. The first-order valence-corrected chi connectivity index (χ1v) is 4.30. The Labute approximate surface area is 80.6 Å². The number of halogens is 1. The van der Waals surface area contributed by atoms with E-state index in [4.69, 9.17) is 5.90 Å². The molecule has 1 heterocycles. The molecule has 2 rings (SSSR count). The minimum Gasteiger partial charge on any atom is -0.359 e. The number of nitrogens with two attached hydrogens (primary N) is 1. The van der Waals surface area contributed by atoms with E-state index in [-0.39, 0.29) is 12.4 Å². The highest BCUT2D eigenvalue weighted by molar-refractivity contribution is 5.81. The van der Waals surface area contributed by atoms with Crippen molar-refractivity contribution in [3.63, 3.8) is 0 Å². The van der Waals surface area contributed by atoms with Gasteiger partial charge in [0, 0.05) is 22.2 Å². The monoisotopic (exact) mass is 194 g/mol. The highest BCUT2D eigenvalue weighted by atomic mass is 19.1. The predicted molar refractivity (Wildman–Crippen MR) is 52.0 cm³/mol. The molecule has 0 fully saturated rings. The van der Waals surface area contributed by atoms with Gasteiger partial charge in [0.25, 0.3) is 0 Å². The molecule has 0 atom stereocenters. The van der Waals surface area contributed by atoms with Crippen LogP contribution in [0.25, 0.3) is 10.9 Å². The van der Waals surface area contributed by atoms with Crippen molar-refractivity contribution in [1.29, 1.82) is 0 Å². The third kappa shape index (κ3) is 1.49. The summed E-state index contributed by atoms with van der Waals surface area (Å²) in [7, 11) is 0. The zero-order chi connectivity index (χ0) is 10.1. The van der Waals surface area contributed by atoms with E-state index in [1.165, 1.54) is 6.07 Å². The van der Waals surface area contributed by atoms with Crippen LogP contribution in [0.15, 0.2) is 18.2 Å². The quantitative estimate of drug-likeness (QED) is 0.718. The molecule has 0 radical (unpaired) electrons. The van der Waals surface area contributed by atoms with E-state index in [1.54, 1.807) is 6.07 Å². The summed E-state index contributed by atoms with van der Waals surface area (Å²) in [5.41, 5.74) is 2.36. The number of hydrogen-bond acceptors (Lipinski definition) is 2. The molecule has 0 amide bonds. The Hall–Kier alpha value is -1.39. The fraction of sp³-hybridized carbons (Fsp3) is 0.200. The van der Waals surface area contributed by atoms with Crippen LogP contribution in [0.2, 0.25) is 0 Å². The number of H-pyrrole nitrogens is 1. The van der Waals surface area contributed by atoms with E-state index < -0.39 is 0 Å². The molecule has 0 unspecified atom stereocenters. The number of aryl methyl sites for hydroxylation is 1. The first-order valence-electron chi connectivity index (χ1n) is 4.30. The molecule has 1 aromatic heterocycles. The average Bonchev–Trinajstić information content (AvgIpc) is 2.45. The van der Waals surface area contributed by atoms with Gasteiger partial charge >= 0.3 is 0 Å².